The molecular formula is C14H22N4O4S. The summed E-state index contributed by atoms with van der Waals surface area (Å²) in [6.45, 7) is 0.423. The van der Waals surface area contributed by atoms with E-state index in [1.54, 1.807) is 0 Å². The largest absolute Gasteiger partial charge is 0.378 e. The Morgan fingerprint density at radius 1 is 1.30 bits per heavy atom. The van der Waals surface area contributed by atoms with Crippen LogP contribution < -0.4 is 15.8 Å². The molecular weight excluding hydrogens is 320 g/mol. The maximum absolute atomic E-state index is 11.8. The number of sulfonamides is 1. The van der Waals surface area contributed by atoms with Crippen LogP contribution in [0.2, 0.25) is 0 Å². The van der Waals surface area contributed by atoms with Crippen molar-refractivity contribution >= 4 is 21.4 Å². The van der Waals surface area contributed by atoms with Crippen molar-refractivity contribution in [1.29, 1.82) is 0 Å². The Kier molecular flexibility index (Phi) is 5.23. The highest BCUT2D eigenvalue weighted by Crippen LogP contribution is 2.30. The molecule has 0 atom stereocenters. The van der Waals surface area contributed by atoms with E-state index in [1.165, 1.54) is 19.2 Å². The van der Waals surface area contributed by atoms with E-state index < -0.39 is 14.9 Å². The van der Waals surface area contributed by atoms with Gasteiger partial charge in [0.25, 0.3) is 5.69 Å². The molecule has 128 valence electrons. The van der Waals surface area contributed by atoms with Crippen LogP contribution in [-0.4, -0.2) is 32.5 Å². The molecule has 23 heavy (non-hydrogen) atoms. The number of nitrogens with two attached hydrogens (primary N) is 1. The monoisotopic (exact) mass is 342 g/mol. The summed E-state index contributed by atoms with van der Waals surface area (Å²) in [5.41, 5.74) is 5.94. The predicted octanol–water partition coefficient (Wildman–Crippen LogP) is 1.58. The molecule has 0 radical (unpaired) electrons. The molecule has 0 aromatic heterocycles. The number of nitrogens with zero attached hydrogens (tertiary/aromatic N) is 1. The van der Waals surface area contributed by atoms with Crippen LogP contribution in [0, 0.1) is 10.1 Å². The lowest BCUT2D eigenvalue weighted by atomic mass is 9.82. The number of nitro benzene ring substituents is 1. The number of nitro groups is 1. The first-order valence-electron chi connectivity index (χ1n) is 7.52. The van der Waals surface area contributed by atoms with Gasteiger partial charge < -0.3 is 11.1 Å². The van der Waals surface area contributed by atoms with Gasteiger partial charge in [-0.1, -0.05) is 19.3 Å². The molecule has 8 nitrogen and oxygen atoms in total. The van der Waals surface area contributed by atoms with Crippen LogP contribution in [0.25, 0.3) is 0 Å². The Bertz CT molecular complexity index is 684. The molecule has 9 heteroatoms. The second-order valence-electron chi connectivity index (χ2n) is 5.92. The van der Waals surface area contributed by atoms with Gasteiger partial charge in [0.05, 0.1) is 9.82 Å². The van der Waals surface area contributed by atoms with Crippen LogP contribution in [0.15, 0.2) is 23.1 Å². The molecule has 2 rings (SSSR count). The summed E-state index contributed by atoms with van der Waals surface area (Å²) >= 11 is 0. The van der Waals surface area contributed by atoms with E-state index in [2.05, 4.69) is 10.0 Å². The molecule has 4 N–H and O–H groups in total. The summed E-state index contributed by atoms with van der Waals surface area (Å²) in [6, 6.07) is 3.80. The van der Waals surface area contributed by atoms with E-state index >= 15 is 0 Å². The fourth-order valence-corrected chi connectivity index (χ4v) is 3.55. The zero-order chi connectivity index (χ0) is 17.1. The van der Waals surface area contributed by atoms with Gasteiger partial charge in [-0.05, 0) is 32.0 Å². The van der Waals surface area contributed by atoms with E-state index in [0.717, 1.165) is 38.2 Å². The molecule has 0 saturated heterocycles. The van der Waals surface area contributed by atoms with Crippen molar-refractivity contribution < 1.29 is 13.3 Å². The minimum absolute atomic E-state index is 0.141. The molecule has 1 fully saturated rings. The number of rotatable bonds is 6. The van der Waals surface area contributed by atoms with Crippen LogP contribution in [0.4, 0.5) is 11.4 Å². The molecule has 1 aromatic carbocycles. The van der Waals surface area contributed by atoms with Gasteiger partial charge in [-0.25, -0.2) is 13.1 Å². The van der Waals surface area contributed by atoms with Crippen molar-refractivity contribution in [2.75, 3.05) is 18.9 Å². The summed E-state index contributed by atoms with van der Waals surface area (Å²) in [7, 11) is -2.47. The molecule has 1 aliphatic carbocycles. The zero-order valence-corrected chi connectivity index (χ0v) is 13.9. The highest BCUT2D eigenvalue weighted by Gasteiger charge is 2.28. The smallest absolute Gasteiger partial charge is 0.293 e. The Hall–Kier alpha value is -1.71. The second-order valence-corrected chi connectivity index (χ2v) is 7.81. The Morgan fingerprint density at radius 3 is 2.52 bits per heavy atom. The summed E-state index contributed by atoms with van der Waals surface area (Å²) in [5, 5.41) is 14.3. The fraction of sp³-hybridized carbons (Fsp3) is 0.571. The molecule has 1 saturated carbocycles. The standard InChI is InChI=1S/C14H22N4O4S/c1-16-23(21,22)11-5-6-12(13(9-11)18(19)20)17-10-14(15)7-3-2-4-8-14/h5-6,9,16-17H,2-4,7-8,10,15H2,1H3. The predicted molar refractivity (Wildman–Crippen MR) is 87.8 cm³/mol. The van der Waals surface area contributed by atoms with E-state index in [1.807, 2.05) is 0 Å². The lowest BCUT2D eigenvalue weighted by molar-refractivity contribution is -0.384. The van der Waals surface area contributed by atoms with E-state index in [4.69, 9.17) is 5.73 Å². The summed E-state index contributed by atoms with van der Waals surface area (Å²) in [4.78, 5) is 10.5. The first kappa shape index (κ1) is 17.6. The Balaban J connectivity index is 2.23. The minimum Gasteiger partial charge on any atom is -0.378 e. The van der Waals surface area contributed by atoms with Gasteiger partial charge in [0, 0.05) is 18.2 Å². The van der Waals surface area contributed by atoms with Crippen LogP contribution in [0.5, 0.6) is 0 Å². The van der Waals surface area contributed by atoms with Gasteiger partial charge in [0.1, 0.15) is 5.69 Å². The zero-order valence-electron chi connectivity index (χ0n) is 13.0. The van der Waals surface area contributed by atoms with E-state index in [0.29, 0.717) is 6.54 Å². The van der Waals surface area contributed by atoms with Gasteiger partial charge in [0.15, 0.2) is 0 Å². The number of anilines is 1. The van der Waals surface area contributed by atoms with E-state index in [9.17, 15) is 18.5 Å². The lowest BCUT2D eigenvalue weighted by Gasteiger charge is -2.33. The molecule has 1 aromatic rings. The highest BCUT2D eigenvalue weighted by molar-refractivity contribution is 7.89. The lowest BCUT2D eigenvalue weighted by Crippen LogP contribution is -2.47. The highest BCUT2D eigenvalue weighted by atomic mass is 32.2. The second kappa shape index (κ2) is 6.81. The van der Waals surface area contributed by atoms with Gasteiger partial charge in [-0.2, -0.15) is 0 Å². The van der Waals surface area contributed by atoms with Crippen molar-refractivity contribution in [3.05, 3.63) is 28.3 Å². The van der Waals surface area contributed by atoms with Gasteiger partial charge >= 0.3 is 0 Å². The SMILES string of the molecule is CNS(=O)(=O)c1ccc(NCC2(N)CCCCC2)c([N+](=O)[O-])c1. The molecule has 0 aliphatic heterocycles. The number of benzene rings is 1. The molecule has 0 unspecified atom stereocenters. The van der Waals surface area contributed by atoms with Crippen molar-refractivity contribution in [3.8, 4) is 0 Å². The third-order valence-corrected chi connectivity index (χ3v) is 5.64. The van der Waals surface area contributed by atoms with Crippen molar-refractivity contribution in [3.63, 3.8) is 0 Å². The van der Waals surface area contributed by atoms with Crippen LogP contribution in [-0.2, 0) is 10.0 Å². The quantitative estimate of drug-likeness (QED) is 0.532. The Labute approximate surface area is 135 Å². The number of hydrogen-bond donors (Lipinski definition) is 3. The summed E-state index contributed by atoms with van der Waals surface area (Å²) < 4.78 is 25.7. The molecule has 0 heterocycles. The van der Waals surface area contributed by atoms with Crippen molar-refractivity contribution in [1.82, 2.24) is 4.72 Å². The van der Waals surface area contributed by atoms with E-state index in [-0.39, 0.29) is 21.8 Å². The summed E-state index contributed by atoms with van der Waals surface area (Å²) in [6.07, 6.45) is 5.02. The van der Waals surface area contributed by atoms with Crippen LogP contribution >= 0.6 is 0 Å². The fourth-order valence-electron chi connectivity index (χ4n) is 2.80. The Morgan fingerprint density at radius 2 is 1.96 bits per heavy atom. The minimum atomic E-state index is -3.73. The molecule has 0 bridgehead atoms. The van der Waals surface area contributed by atoms with Crippen LogP contribution in [0.1, 0.15) is 32.1 Å². The first-order chi connectivity index (χ1) is 10.8. The first-order valence-corrected chi connectivity index (χ1v) is 9.00. The number of nitrogens with one attached hydrogen (secondary N) is 2. The maximum Gasteiger partial charge on any atom is 0.293 e. The average Bonchev–Trinajstić information content (AvgIpc) is 2.53. The maximum atomic E-state index is 11.8. The van der Waals surface area contributed by atoms with Gasteiger partial charge in [-0.15, -0.1) is 0 Å². The third kappa shape index (κ3) is 4.18. The van der Waals surface area contributed by atoms with Gasteiger partial charge in [0.2, 0.25) is 10.0 Å². The molecule has 1 aliphatic rings. The topological polar surface area (TPSA) is 127 Å². The average molecular weight is 342 g/mol. The van der Waals surface area contributed by atoms with Crippen molar-refractivity contribution in [2.45, 2.75) is 42.5 Å². The third-order valence-electron chi connectivity index (χ3n) is 4.23. The summed E-state index contributed by atoms with van der Waals surface area (Å²) in [5.74, 6) is 0. The molecule has 0 amide bonds. The van der Waals surface area contributed by atoms with Crippen LogP contribution in [0.3, 0.4) is 0 Å². The number of hydrogen-bond acceptors (Lipinski definition) is 6. The van der Waals surface area contributed by atoms with Crippen molar-refractivity contribution in [2.24, 2.45) is 5.73 Å². The van der Waals surface area contributed by atoms with Gasteiger partial charge in [-0.3, -0.25) is 10.1 Å². The normalized spacial score (nSPS) is 17.7. The molecule has 0 spiro atoms.